The van der Waals surface area contributed by atoms with Crippen LogP contribution in [0.5, 0.6) is 0 Å². The standard InChI is InChI=1S/C13H23N3O4S/c1-13(2,3)21(19,20)10-9-15-8-5-11(17)16(12(15)18)7-4-6-14/h5,8H,4,6-7,9-10,14H2,1-3H3. The van der Waals surface area contributed by atoms with Crippen molar-refractivity contribution >= 4 is 9.84 Å². The van der Waals surface area contributed by atoms with Crippen LogP contribution in [-0.2, 0) is 22.9 Å². The van der Waals surface area contributed by atoms with Gasteiger partial charge in [0.2, 0.25) is 0 Å². The Bertz CT molecular complexity index is 695. The van der Waals surface area contributed by atoms with E-state index in [4.69, 9.17) is 5.73 Å². The second-order valence-corrected chi connectivity index (χ2v) is 8.72. The lowest BCUT2D eigenvalue weighted by atomic mass is 10.3. The average molecular weight is 317 g/mol. The van der Waals surface area contributed by atoms with Crippen LogP contribution in [0.25, 0.3) is 0 Å². The molecule has 0 aromatic carbocycles. The molecule has 0 atom stereocenters. The number of aromatic nitrogens is 2. The van der Waals surface area contributed by atoms with Gasteiger partial charge >= 0.3 is 5.69 Å². The summed E-state index contributed by atoms with van der Waals surface area (Å²) >= 11 is 0. The molecule has 0 amide bonds. The highest BCUT2D eigenvalue weighted by atomic mass is 32.2. The van der Waals surface area contributed by atoms with Crippen molar-refractivity contribution in [3.63, 3.8) is 0 Å². The molecular formula is C13H23N3O4S. The molecule has 1 heterocycles. The molecule has 120 valence electrons. The number of nitrogens with zero attached hydrogens (tertiary/aromatic N) is 2. The van der Waals surface area contributed by atoms with Crippen LogP contribution >= 0.6 is 0 Å². The van der Waals surface area contributed by atoms with E-state index in [1.54, 1.807) is 20.8 Å². The summed E-state index contributed by atoms with van der Waals surface area (Å²) in [6, 6.07) is 1.27. The van der Waals surface area contributed by atoms with Gasteiger partial charge < -0.3 is 5.73 Å². The number of hydrogen-bond acceptors (Lipinski definition) is 5. The van der Waals surface area contributed by atoms with Gasteiger partial charge in [0.15, 0.2) is 9.84 Å². The predicted molar refractivity (Wildman–Crippen MR) is 82.2 cm³/mol. The Morgan fingerprint density at radius 3 is 2.33 bits per heavy atom. The molecule has 0 aliphatic carbocycles. The number of aryl methyl sites for hydroxylation is 1. The Balaban J connectivity index is 3.02. The van der Waals surface area contributed by atoms with E-state index in [-0.39, 0.29) is 18.8 Å². The SMILES string of the molecule is CC(C)(C)S(=O)(=O)CCn1ccc(=O)n(CCCN)c1=O. The van der Waals surface area contributed by atoms with Gasteiger partial charge in [0, 0.05) is 25.4 Å². The summed E-state index contributed by atoms with van der Waals surface area (Å²) in [6.45, 7) is 5.50. The molecule has 0 radical (unpaired) electrons. The number of nitrogens with two attached hydrogens (primary N) is 1. The topological polar surface area (TPSA) is 104 Å². The fraction of sp³-hybridized carbons (Fsp3) is 0.692. The molecular weight excluding hydrogens is 294 g/mol. The van der Waals surface area contributed by atoms with E-state index in [9.17, 15) is 18.0 Å². The Hall–Kier alpha value is -1.41. The fourth-order valence-corrected chi connectivity index (χ4v) is 2.76. The molecule has 0 aliphatic rings. The Morgan fingerprint density at radius 2 is 1.81 bits per heavy atom. The third-order valence-corrected chi connectivity index (χ3v) is 5.85. The summed E-state index contributed by atoms with van der Waals surface area (Å²) in [5.41, 5.74) is 4.48. The second kappa shape index (κ2) is 6.57. The zero-order valence-corrected chi connectivity index (χ0v) is 13.5. The maximum atomic E-state index is 12.2. The summed E-state index contributed by atoms with van der Waals surface area (Å²) in [7, 11) is -3.32. The first-order valence-corrected chi connectivity index (χ1v) is 8.48. The predicted octanol–water partition coefficient (Wildman–Crippen LogP) is -0.428. The van der Waals surface area contributed by atoms with Gasteiger partial charge in [-0.2, -0.15) is 0 Å². The Labute approximate surface area is 124 Å². The molecule has 0 spiro atoms. The van der Waals surface area contributed by atoms with Crippen molar-refractivity contribution in [2.24, 2.45) is 5.73 Å². The largest absolute Gasteiger partial charge is 0.330 e. The average Bonchev–Trinajstić information content (AvgIpc) is 2.36. The minimum absolute atomic E-state index is 0.0291. The lowest BCUT2D eigenvalue weighted by Crippen LogP contribution is -2.41. The summed E-state index contributed by atoms with van der Waals surface area (Å²) < 4.78 is 25.6. The zero-order valence-electron chi connectivity index (χ0n) is 12.7. The van der Waals surface area contributed by atoms with Crippen LogP contribution in [0.4, 0.5) is 0 Å². The van der Waals surface area contributed by atoms with E-state index in [1.807, 2.05) is 0 Å². The van der Waals surface area contributed by atoms with Crippen LogP contribution in [-0.4, -0.2) is 34.6 Å². The van der Waals surface area contributed by atoms with Gasteiger partial charge in [0.05, 0.1) is 10.5 Å². The molecule has 1 aromatic heterocycles. The van der Waals surface area contributed by atoms with Crippen molar-refractivity contribution in [1.82, 2.24) is 9.13 Å². The fourth-order valence-electron chi connectivity index (χ4n) is 1.71. The molecule has 0 fully saturated rings. The van der Waals surface area contributed by atoms with Crippen LogP contribution in [0.15, 0.2) is 21.9 Å². The van der Waals surface area contributed by atoms with Crippen LogP contribution < -0.4 is 17.0 Å². The molecule has 0 aliphatic heterocycles. The molecule has 1 rings (SSSR count). The first kappa shape index (κ1) is 17.6. The zero-order chi connectivity index (χ0) is 16.3. The van der Waals surface area contributed by atoms with E-state index < -0.39 is 25.8 Å². The van der Waals surface area contributed by atoms with E-state index in [1.165, 1.54) is 16.8 Å². The van der Waals surface area contributed by atoms with Crippen LogP contribution in [0.3, 0.4) is 0 Å². The Morgan fingerprint density at radius 1 is 1.19 bits per heavy atom. The normalized spacial score (nSPS) is 12.6. The molecule has 0 unspecified atom stereocenters. The first-order chi connectivity index (χ1) is 9.60. The van der Waals surface area contributed by atoms with Gasteiger partial charge in [-0.25, -0.2) is 13.2 Å². The highest BCUT2D eigenvalue weighted by Crippen LogP contribution is 2.15. The monoisotopic (exact) mass is 317 g/mol. The molecule has 2 N–H and O–H groups in total. The van der Waals surface area contributed by atoms with Crippen molar-refractivity contribution < 1.29 is 8.42 Å². The molecule has 8 heteroatoms. The second-order valence-electron chi connectivity index (χ2n) is 5.86. The van der Waals surface area contributed by atoms with Gasteiger partial charge in [-0.1, -0.05) is 0 Å². The molecule has 21 heavy (non-hydrogen) atoms. The van der Waals surface area contributed by atoms with Gasteiger partial charge in [-0.3, -0.25) is 13.9 Å². The van der Waals surface area contributed by atoms with Gasteiger partial charge in [0.1, 0.15) is 0 Å². The molecule has 0 saturated carbocycles. The third-order valence-electron chi connectivity index (χ3n) is 3.26. The number of hydrogen-bond donors (Lipinski definition) is 1. The highest BCUT2D eigenvalue weighted by Gasteiger charge is 2.28. The lowest BCUT2D eigenvalue weighted by Gasteiger charge is -2.19. The van der Waals surface area contributed by atoms with Gasteiger partial charge in [-0.15, -0.1) is 0 Å². The van der Waals surface area contributed by atoms with Crippen molar-refractivity contribution in [3.8, 4) is 0 Å². The van der Waals surface area contributed by atoms with Crippen molar-refractivity contribution in [3.05, 3.63) is 33.1 Å². The lowest BCUT2D eigenvalue weighted by molar-refractivity contribution is 0.532. The van der Waals surface area contributed by atoms with Crippen molar-refractivity contribution in [2.45, 2.75) is 45.0 Å². The van der Waals surface area contributed by atoms with E-state index >= 15 is 0 Å². The molecule has 7 nitrogen and oxygen atoms in total. The summed E-state index contributed by atoms with van der Waals surface area (Å²) in [4.78, 5) is 23.8. The molecule has 0 bridgehead atoms. The molecule has 1 aromatic rings. The number of sulfone groups is 1. The smallest absolute Gasteiger partial charge is 0.330 e. The quantitative estimate of drug-likeness (QED) is 0.767. The summed E-state index contributed by atoms with van der Waals surface area (Å²) in [5.74, 6) is -0.147. The summed E-state index contributed by atoms with van der Waals surface area (Å²) in [6.07, 6.45) is 1.85. The maximum Gasteiger partial charge on any atom is 0.330 e. The number of rotatable bonds is 6. The minimum atomic E-state index is -3.32. The third kappa shape index (κ3) is 4.28. The van der Waals surface area contributed by atoms with E-state index in [2.05, 4.69) is 0 Å². The minimum Gasteiger partial charge on any atom is -0.330 e. The maximum absolute atomic E-state index is 12.2. The molecule has 0 saturated heterocycles. The van der Waals surface area contributed by atoms with Crippen LogP contribution in [0.1, 0.15) is 27.2 Å². The van der Waals surface area contributed by atoms with E-state index in [0.717, 1.165) is 4.57 Å². The van der Waals surface area contributed by atoms with Crippen LogP contribution in [0, 0.1) is 0 Å². The van der Waals surface area contributed by atoms with E-state index in [0.29, 0.717) is 13.0 Å². The van der Waals surface area contributed by atoms with Crippen LogP contribution in [0.2, 0.25) is 0 Å². The van der Waals surface area contributed by atoms with Gasteiger partial charge in [-0.05, 0) is 33.7 Å². The van der Waals surface area contributed by atoms with Crippen molar-refractivity contribution in [2.75, 3.05) is 12.3 Å². The Kier molecular flexibility index (Phi) is 5.52. The highest BCUT2D eigenvalue weighted by molar-refractivity contribution is 7.92. The first-order valence-electron chi connectivity index (χ1n) is 6.83. The van der Waals surface area contributed by atoms with Gasteiger partial charge in [0.25, 0.3) is 5.56 Å². The summed E-state index contributed by atoms with van der Waals surface area (Å²) in [5, 5.41) is 0. The van der Waals surface area contributed by atoms with Crippen molar-refractivity contribution in [1.29, 1.82) is 0 Å².